The number of amides is 1. The van der Waals surface area contributed by atoms with Crippen molar-refractivity contribution in [3.8, 4) is 0 Å². The number of nitrogen functional groups attached to an aromatic ring is 1. The second kappa shape index (κ2) is 6.22. The smallest absolute Gasteiger partial charge is 0.222 e. The second-order valence-electron chi connectivity index (χ2n) is 5.59. The van der Waals surface area contributed by atoms with Crippen LogP contribution in [0.1, 0.15) is 29.7 Å². The highest BCUT2D eigenvalue weighted by Crippen LogP contribution is 2.22. The third-order valence-corrected chi connectivity index (χ3v) is 4.25. The Morgan fingerprint density at radius 1 is 1.45 bits per heavy atom. The van der Waals surface area contributed by atoms with Crippen LogP contribution in [-0.2, 0) is 11.3 Å². The molecule has 0 unspecified atom stereocenters. The fraction of sp³-hybridized carbons (Fsp3) is 0.600. The lowest BCUT2D eigenvalue weighted by Gasteiger charge is -2.31. The number of likely N-dealkylation sites (tertiary alicyclic amines) is 1. The second-order valence-corrected chi connectivity index (χ2v) is 5.59. The van der Waals surface area contributed by atoms with Crippen molar-refractivity contribution in [1.82, 2.24) is 15.2 Å². The van der Waals surface area contributed by atoms with Crippen molar-refractivity contribution in [3.63, 3.8) is 0 Å². The Bertz CT molecular complexity index is 493. The van der Waals surface area contributed by atoms with E-state index in [9.17, 15) is 4.79 Å². The highest BCUT2D eigenvalue weighted by Gasteiger charge is 2.24. The first-order valence-electron chi connectivity index (χ1n) is 7.17. The van der Waals surface area contributed by atoms with E-state index in [0.717, 1.165) is 55.0 Å². The Morgan fingerprint density at radius 2 is 2.10 bits per heavy atom. The van der Waals surface area contributed by atoms with Gasteiger partial charge in [0.1, 0.15) is 0 Å². The molecule has 1 aliphatic heterocycles. The van der Waals surface area contributed by atoms with Gasteiger partial charge in [0.05, 0.1) is 5.69 Å². The monoisotopic (exact) mass is 276 g/mol. The number of hydrogen-bond acceptors (Lipinski definition) is 4. The number of hydrogen-bond donors (Lipinski definition) is 2. The van der Waals surface area contributed by atoms with Crippen LogP contribution in [0.25, 0.3) is 0 Å². The third kappa shape index (κ3) is 3.10. The standard InChI is InChI=1S/C15H24N4O/c1-10-8-18-13(11(2)14(10)16)9-19-6-4-12(5-7-19)15(20)17-3/h8,12H,4-7,9H2,1-3H3,(H2,16,18)(H,17,20). The summed E-state index contributed by atoms with van der Waals surface area (Å²) in [7, 11) is 1.71. The quantitative estimate of drug-likeness (QED) is 0.871. The Morgan fingerprint density at radius 3 is 2.70 bits per heavy atom. The molecule has 1 fully saturated rings. The largest absolute Gasteiger partial charge is 0.398 e. The topological polar surface area (TPSA) is 71.2 Å². The van der Waals surface area contributed by atoms with Crippen LogP contribution in [0.2, 0.25) is 0 Å². The predicted molar refractivity (Wildman–Crippen MR) is 80.2 cm³/mol. The van der Waals surface area contributed by atoms with E-state index in [2.05, 4.69) is 15.2 Å². The van der Waals surface area contributed by atoms with Crippen molar-refractivity contribution in [1.29, 1.82) is 0 Å². The Kier molecular flexibility index (Phi) is 4.60. The molecule has 3 N–H and O–H groups in total. The highest BCUT2D eigenvalue weighted by atomic mass is 16.1. The van der Waals surface area contributed by atoms with Gasteiger partial charge in [-0.3, -0.25) is 14.7 Å². The Balaban J connectivity index is 1.96. The summed E-state index contributed by atoms with van der Waals surface area (Å²) in [4.78, 5) is 18.5. The molecule has 0 aliphatic carbocycles. The van der Waals surface area contributed by atoms with Crippen molar-refractivity contribution >= 4 is 11.6 Å². The maximum absolute atomic E-state index is 11.6. The molecule has 1 aromatic rings. The summed E-state index contributed by atoms with van der Waals surface area (Å²) in [6.07, 6.45) is 3.68. The first-order chi connectivity index (χ1) is 9.52. The molecule has 1 aromatic heterocycles. The molecule has 0 atom stereocenters. The van der Waals surface area contributed by atoms with E-state index in [4.69, 9.17) is 5.73 Å². The molecule has 1 amide bonds. The van der Waals surface area contributed by atoms with E-state index in [1.54, 1.807) is 7.05 Å². The lowest BCUT2D eigenvalue weighted by Crippen LogP contribution is -2.39. The number of aromatic nitrogens is 1. The van der Waals surface area contributed by atoms with Gasteiger partial charge in [-0.15, -0.1) is 0 Å². The molecule has 1 aliphatic rings. The molecule has 5 heteroatoms. The van der Waals surface area contributed by atoms with Gasteiger partial charge in [-0.1, -0.05) is 0 Å². The van der Waals surface area contributed by atoms with Gasteiger partial charge in [-0.25, -0.2) is 0 Å². The van der Waals surface area contributed by atoms with Crippen LogP contribution >= 0.6 is 0 Å². The van der Waals surface area contributed by atoms with E-state index in [0.29, 0.717) is 0 Å². The summed E-state index contributed by atoms with van der Waals surface area (Å²) < 4.78 is 0. The summed E-state index contributed by atoms with van der Waals surface area (Å²) in [5.74, 6) is 0.326. The lowest BCUT2D eigenvalue weighted by molar-refractivity contribution is -0.125. The van der Waals surface area contributed by atoms with Crippen LogP contribution in [-0.4, -0.2) is 35.9 Å². The number of anilines is 1. The van der Waals surface area contributed by atoms with Gasteiger partial charge in [0.25, 0.3) is 0 Å². The van der Waals surface area contributed by atoms with Crippen LogP contribution in [0.3, 0.4) is 0 Å². The first kappa shape index (κ1) is 14.8. The van der Waals surface area contributed by atoms with Gasteiger partial charge in [0, 0.05) is 31.4 Å². The van der Waals surface area contributed by atoms with Gasteiger partial charge >= 0.3 is 0 Å². The third-order valence-electron chi connectivity index (χ3n) is 4.25. The van der Waals surface area contributed by atoms with E-state index in [1.165, 1.54) is 0 Å². The van der Waals surface area contributed by atoms with E-state index in [1.807, 2.05) is 20.0 Å². The number of carbonyl (C=O) groups excluding carboxylic acids is 1. The van der Waals surface area contributed by atoms with Gasteiger partial charge < -0.3 is 11.1 Å². The minimum absolute atomic E-state index is 0.161. The predicted octanol–water partition coefficient (Wildman–Crippen LogP) is 1.24. The van der Waals surface area contributed by atoms with Crippen molar-refractivity contribution in [3.05, 3.63) is 23.0 Å². The molecule has 5 nitrogen and oxygen atoms in total. The number of piperidine rings is 1. The average molecular weight is 276 g/mol. The summed E-state index contributed by atoms with van der Waals surface area (Å²) in [5.41, 5.74) is 10.1. The molecule has 2 rings (SSSR count). The molecule has 2 heterocycles. The maximum Gasteiger partial charge on any atom is 0.222 e. The minimum Gasteiger partial charge on any atom is -0.398 e. The summed E-state index contributed by atoms with van der Waals surface area (Å²) in [6, 6.07) is 0. The summed E-state index contributed by atoms with van der Waals surface area (Å²) in [5, 5.41) is 2.74. The minimum atomic E-state index is 0.161. The van der Waals surface area contributed by atoms with E-state index < -0.39 is 0 Å². The fourth-order valence-electron chi connectivity index (χ4n) is 2.72. The summed E-state index contributed by atoms with van der Waals surface area (Å²) in [6.45, 7) is 6.70. The number of nitrogens with zero attached hydrogens (tertiary/aromatic N) is 2. The lowest BCUT2D eigenvalue weighted by atomic mass is 9.95. The maximum atomic E-state index is 11.6. The molecule has 0 spiro atoms. The van der Waals surface area contributed by atoms with Crippen LogP contribution in [0.5, 0.6) is 0 Å². The van der Waals surface area contributed by atoms with Crippen LogP contribution in [0, 0.1) is 19.8 Å². The van der Waals surface area contributed by atoms with Crippen molar-refractivity contribution in [2.75, 3.05) is 25.9 Å². The summed E-state index contributed by atoms with van der Waals surface area (Å²) >= 11 is 0. The first-order valence-corrected chi connectivity index (χ1v) is 7.17. The molecule has 0 saturated carbocycles. The Labute approximate surface area is 120 Å². The van der Waals surface area contributed by atoms with Crippen molar-refractivity contribution in [2.24, 2.45) is 5.92 Å². The molecule has 1 saturated heterocycles. The zero-order chi connectivity index (χ0) is 14.7. The van der Waals surface area contributed by atoms with Gasteiger partial charge in [0.2, 0.25) is 5.91 Å². The molecular weight excluding hydrogens is 252 g/mol. The number of aryl methyl sites for hydroxylation is 1. The number of nitrogens with one attached hydrogen (secondary N) is 1. The highest BCUT2D eigenvalue weighted by molar-refractivity contribution is 5.78. The zero-order valence-corrected chi connectivity index (χ0v) is 12.6. The SMILES string of the molecule is CNC(=O)C1CCN(Cc2ncc(C)c(N)c2C)CC1. The molecule has 0 radical (unpaired) electrons. The van der Waals surface area contributed by atoms with Crippen LogP contribution in [0.4, 0.5) is 5.69 Å². The zero-order valence-electron chi connectivity index (χ0n) is 12.6. The van der Waals surface area contributed by atoms with Crippen LogP contribution in [0.15, 0.2) is 6.20 Å². The molecular formula is C15H24N4O. The van der Waals surface area contributed by atoms with Crippen molar-refractivity contribution in [2.45, 2.75) is 33.2 Å². The molecule has 110 valence electrons. The van der Waals surface area contributed by atoms with E-state index in [-0.39, 0.29) is 11.8 Å². The number of pyridine rings is 1. The van der Waals surface area contributed by atoms with Gasteiger partial charge in [0.15, 0.2) is 0 Å². The van der Waals surface area contributed by atoms with Gasteiger partial charge in [-0.05, 0) is 50.9 Å². The molecule has 0 bridgehead atoms. The Hall–Kier alpha value is -1.62. The number of rotatable bonds is 3. The fourth-order valence-corrected chi connectivity index (χ4v) is 2.72. The number of nitrogens with two attached hydrogens (primary N) is 1. The number of carbonyl (C=O) groups is 1. The molecule has 20 heavy (non-hydrogen) atoms. The van der Waals surface area contributed by atoms with Crippen molar-refractivity contribution < 1.29 is 4.79 Å². The normalized spacial score (nSPS) is 17.1. The van der Waals surface area contributed by atoms with E-state index >= 15 is 0 Å². The van der Waals surface area contributed by atoms with Gasteiger partial charge in [-0.2, -0.15) is 0 Å². The molecule has 0 aromatic carbocycles. The average Bonchev–Trinajstić information content (AvgIpc) is 2.48. The van der Waals surface area contributed by atoms with Crippen LogP contribution < -0.4 is 11.1 Å².